The fraction of sp³-hybridized carbons (Fsp3) is 0.250. The first-order valence-electron chi connectivity index (χ1n) is 9.06. The van der Waals surface area contributed by atoms with E-state index in [4.69, 9.17) is 0 Å². The molecule has 29 heavy (non-hydrogen) atoms. The van der Waals surface area contributed by atoms with Gasteiger partial charge in [-0.2, -0.15) is 4.31 Å². The monoisotopic (exact) mass is 415 g/mol. The van der Waals surface area contributed by atoms with E-state index >= 15 is 0 Å². The topological polar surface area (TPSA) is 101 Å². The molecule has 1 aliphatic rings. The number of carbonyl (C=O) groups excluding carboxylic acids is 1. The van der Waals surface area contributed by atoms with E-state index in [-0.39, 0.29) is 42.7 Å². The Morgan fingerprint density at radius 1 is 1.03 bits per heavy atom. The van der Waals surface area contributed by atoms with E-state index in [2.05, 4.69) is 0 Å². The molecule has 1 aliphatic heterocycles. The minimum absolute atomic E-state index is 0.00215. The number of nitro groups is 1. The maximum absolute atomic E-state index is 12.7. The van der Waals surface area contributed by atoms with Crippen LogP contribution < -0.4 is 0 Å². The molecule has 0 radical (unpaired) electrons. The first-order valence-corrected chi connectivity index (χ1v) is 10.5. The molecule has 0 spiro atoms. The van der Waals surface area contributed by atoms with Gasteiger partial charge in [-0.05, 0) is 36.3 Å². The molecule has 8 nitrogen and oxygen atoms in total. The molecule has 0 atom stereocenters. The van der Waals surface area contributed by atoms with E-state index in [0.29, 0.717) is 0 Å². The van der Waals surface area contributed by atoms with Gasteiger partial charge in [0.25, 0.3) is 5.69 Å². The Morgan fingerprint density at radius 2 is 1.66 bits per heavy atom. The number of amides is 1. The predicted molar refractivity (Wildman–Crippen MR) is 109 cm³/mol. The zero-order valence-corrected chi connectivity index (χ0v) is 16.7. The predicted octanol–water partition coefficient (Wildman–Crippen LogP) is 2.45. The van der Waals surface area contributed by atoms with Crippen molar-refractivity contribution in [2.45, 2.75) is 11.8 Å². The van der Waals surface area contributed by atoms with Crippen LogP contribution in [-0.4, -0.2) is 54.6 Å². The molecule has 3 rings (SSSR count). The van der Waals surface area contributed by atoms with Crippen molar-refractivity contribution in [3.63, 3.8) is 0 Å². The first-order chi connectivity index (χ1) is 13.8. The number of piperazine rings is 1. The summed E-state index contributed by atoms with van der Waals surface area (Å²) >= 11 is 0. The fourth-order valence-electron chi connectivity index (χ4n) is 3.08. The van der Waals surface area contributed by atoms with E-state index in [1.165, 1.54) is 34.6 Å². The summed E-state index contributed by atoms with van der Waals surface area (Å²) in [6, 6.07) is 12.5. The highest BCUT2D eigenvalue weighted by Gasteiger charge is 2.29. The number of aryl methyl sites for hydroxylation is 1. The Kier molecular flexibility index (Phi) is 6.09. The second-order valence-electron chi connectivity index (χ2n) is 6.67. The fourth-order valence-corrected chi connectivity index (χ4v) is 4.50. The second-order valence-corrected chi connectivity index (χ2v) is 8.61. The van der Waals surface area contributed by atoms with E-state index < -0.39 is 14.9 Å². The number of nitro benzene ring substituents is 1. The molecule has 1 fully saturated rings. The third kappa shape index (κ3) is 4.69. The van der Waals surface area contributed by atoms with Gasteiger partial charge in [-0.1, -0.05) is 24.3 Å². The molecular formula is C20H21N3O5S. The van der Waals surface area contributed by atoms with Gasteiger partial charge in [-0.3, -0.25) is 14.9 Å². The third-order valence-corrected chi connectivity index (χ3v) is 6.74. The summed E-state index contributed by atoms with van der Waals surface area (Å²) in [7, 11) is -3.76. The van der Waals surface area contributed by atoms with Crippen molar-refractivity contribution in [1.29, 1.82) is 0 Å². The highest BCUT2D eigenvalue weighted by Crippen LogP contribution is 2.21. The van der Waals surface area contributed by atoms with Crippen LogP contribution in [0.15, 0.2) is 59.5 Å². The van der Waals surface area contributed by atoms with Crippen LogP contribution >= 0.6 is 0 Å². The van der Waals surface area contributed by atoms with Crippen LogP contribution in [0.3, 0.4) is 0 Å². The molecule has 0 bridgehead atoms. The van der Waals surface area contributed by atoms with E-state index in [0.717, 1.165) is 11.1 Å². The highest BCUT2D eigenvalue weighted by molar-refractivity contribution is 7.89. The second kappa shape index (κ2) is 8.54. The summed E-state index contributed by atoms with van der Waals surface area (Å²) in [5, 5.41) is 10.7. The maximum Gasteiger partial charge on any atom is 0.269 e. The zero-order valence-electron chi connectivity index (χ0n) is 15.9. The van der Waals surface area contributed by atoms with Gasteiger partial charge in [0, 0.05) is 44.4 Å². The van der Waals surface area contributed by atoms with Crippen molar-refractivity contribution >= 4 is 27.7 Å². The number of sulfonamides is 1. The summed E-state index contributed by atoms with van der Waals surface area (Å²) in [5.41, 5.74) is 1.86. The molecule has 2 aromatic rings. The van der Waals surface area contributed by atoms with Gasteiger partial charge in [0.05, 0.1) is 9.82 Å². The van der Waals surface area contributed by atoms with E-state index in [9.17, 15) is 23.3 Å². The molecule has 0 aliphatic carbocycles. The number of hydrogen-bond acceptors (Lipinski definition) is 5. The van der Waals surface area contributed by atoms with Gasteiger partial charge in [-0.25, -0.2) is 8.42 Å². The van der Waals surface area contributed by atoms with Crippen LogP contribution in [0.25, 0.3) is 6.08 Å². The van der Waals surface area contributed by atoms with Crippen molar-refractivity contribution in [1.82, 2.24) is 9.21 Å². The van der Waals surface area contributed by atoms with Crippen molar-refractivity contribution in [3.05, 3.63) is 75.8 Å². The van der Waals surface area contributed by atoms with Crippen LogP contribution in [0, 0.1) is 17.0 Å². The highest BCUT2D eigenvalue weighted by atomic mass is 32.2. The van der Waals surface area contributed by atoms with E-state index in [1.54, 1.807) is 11.0 Å². The lowest BCUT2D eigenvalue weighted by atomic mass is 10.1. The van der Waals surface area contributed by atoms with Crippen molar-refractivity contribution in [3.8, 4) is 0 Å². The molecule has 1 heterocycles. The number of nitrogens with zero attached hydrogens (tertiary/aromatic N) is 3. The minimum Gasteiger partial charge on any atom is -0.337 e. The van der Waals surface area contributed by atoms with Crippen LogP contribution in [0.2, 0.25) is 0 Å². The minimum atomic E-state index is -3.76. The summed E-state index contributed by atoms with van der Waals surface area (Å²) < 4.78 is 26.8. The van der Waals surface area contributed by atoms with Gasteiger partial charge in [0.15, 0.2) is 0 Å². The standard InChI is InChI=1S/C20H21N3O5S/c1-16-4-2-3-5-17(16)6-11-20(24)21-12-14-22(15-13-21)29(27,28)19-9-7-18(8-10-19)23(25)26/h2-11H,12-15H2,1H3/b11-6+. The lowest BCUT2D eigenvalue weighted by Gasteiger charge is -2.33. The number of carbonyl (C=O) groups is 1. The Hall–Kier alpha value is -3.04. The molecule has 0 aromatic heterocycles. The lowest BCUT2D eigenvalue weighted by molar-refractivity contribution is -0.384. The molecule has 0 saturated carbocycles. The van der Waals surface area contributed by atoms with Crippen LogP contribution in [0.1, 0.15) is 11.1 Å². The molecule has 152 valence electrons. The number of hydrogen-bond donors (Lipinski definition) is 0. The smallest absolute Gasteiger partial charge is 0.269 e. The summed E-state index contributed by atoms with van der Waals surface area (Å²) in [5.74, 6) is -0.166. The van der Waals surface area contributed by atoms with E-state index in [1.807, 2.05) is 31.2 Å². The van der Waals surface area contributed by atoms with Gasteiger partial charge in [0.1, 0.15) is 0 Å². The largest absolute Gasteiger partial charge is 0.337 e. The van der Waals surface area contributed by atoms with Gasteiger partial charge < -0.3 is 4.90 Å². The zero-order chi connectivity index (χ0) is 21.0. The number of rotatable bonds is 5. The SMILES string of the molecule is Cc1ccccc1/C=C/C(=O)N1CCN(S(=O)(=O)c2ccc([N+](=O)[O-])cc2)CC1. The molecule has 0 unspecified atom stereocenters. The summed E-state index contributed by atoms with van der Waals surface area (Å²) in [6.45, 7) is 2.87. The number of benzene rings is 2. The van der Waals surface area contributed by atoms with Crippen LogP contribution in [0.5, 0.6) is 0 Å². The van der Waals surface area contributed by atoms with Crippen LogP contribution in [0.4, 0.5) is 5.69 Å². The molecule has 0 N–H and O–H groups in total. The van der Waals surface area contributed by atoms with Gasteiger partial charge in [0.2, 0.25) is 15.9 Å². The summed E-state index contributed by atoms with van der Waals surface area (Å²) in [6.07, 6.45) is 3.26. The lowest BCUT2D eigenvalue weighted by Crippen LogP contribution is -2.50. The average Bonchev–Trinajstić information content (AvgIpc) is 2.73. The van der Waals surface area contributed by atoms with Crippen molar-refractivity contribution in [2.24, 2.45) is 0 Å². The molecular weight excluding hydrogens is 394 g/mol. The third-order valence-electron chi connectivity index (χ3n) is 4.83. The van der Waals surface area contributed by atoms with Gasteiger partial charge >= 0.3 is 0 Å². The Morgan fingerprint density at radius 3 is 2.24 bits per heavy atom. The summed E-state index contributed by atoms with van der Waals surface area (Å²) in [4.78, 5) is 24.2. The molecule has 2 aromatic carbocycles. The first kappa shape index (κ1) is 20.7. The van der Waals surface area contributed by atoms with Crippen LogP contribution in [-0.2, 0) is 14.8 Å². The van der Waals surface area contributed by atoms with Gasteiger partial charge in [-0.15, -0.1) is 0 Å². The van der Waals surface area contributed by atoms with Crippen molar-refractivity contribution < 1.29 is 18.1 Å². The average molecular weight is 415 g/mol. The molecule has 1 saturated heterocycles. The Labute approximate surface area is 169 Å². The maximum atomic E-state index is 12.7. The Balaban J connectivity index is 1.62. The normalized spacial score (nSPS) is 15.6. The molecule has 9 heteroatoms. The molecule has 1 amide bonds. The Bertz CT molecular complexity index is 1040. The van der Waals surface area contributed by atoms with Crippen molar-refractivity contribution in [2.75, 3.05) is 26.2 Å². The quantitative estimate of drug-likeness (QED) is 0.424. The number of non-ortho nitro benzene ring substituents is 1.